The molecule has 0 spiro atoms. The Balaban J connectivity index is 2.17. The Kier molecular flexibility index (Phi) is 5.42. The largest absolute Gasteiger partial charge is 0.480 e. The van der Waals surface area contributed by atoms with Crippen LogP contribution in [0.4, 0.5) is 4.39 Å². The lowest BCUT2D eigenvalue weighted by Crippen LogP contribution is -2.38. The van der Waals surface area contributed by atoms with Gasteiger partial charge in [0.25, 0.3) is 5.91 Å². The van der Waals surface area contributed by atoms with Gasteiger partial charge in [0, 0.05) is 19.2 Å². The van der Waals surface area contributed by atoms with E-state index in [-0.39, 0.29) is 24.7 Å². The molecule has 0 fully saturated rings. The maximum Gasteiger partial charge on any atom is 0.323 e. The van der Waals surface area contributed by atoms with Gasteiger partial charge in [0.2, 0.25) is 0 Å². The van der Waals surface area contributed by atoms with Crippen LogP contribution in [-0.4, -0.2) is 58.9 Å². The van der Waals surface area contributed by atoms with Gasteiger partial charge in [0.15, 0.2) is 0 Å². The number of methoxy groups -OCH3 is 1. The summed E-state index contributed by atoms with van der Waals surface area (Å²) in [4.78, 5) is 24.4. The molecule has 2 aromatic rings. The monoisotopic (exact) mass is 321 g/mol. The van der Waals surface area contributed by atoms with Gasteiger partial charge in [-0.05, 0) is 30.3 Å². The molecular formula is C15H16FN3O4. The van der Waals surface area contributed by atoms with Crippen molar-refractivity contribution in [3.05, 3.63) is 41.8 Å². The molecule has 8 heteroatoms. The second kappa shape index (κ2) is 7.50. The van der Waals surface area contributed by atoms with E-state index in [0.717, 1.165) is 4.90 Å². The van der Waals surface area contributed by atoms with Crippen LogP contribution in [0.15, 0.2) is 30.3 Å². The van der Waals surface area contributed by atoms with Crippen LogP contribution < -0.4 is 0 Å². The van der Waals surface area contributed by atoms with Gasteiger partial charge >= 0.3 is 5.97 Å². The number of carboxylic acids is 1. The zero-order valence-electron chi connectivity index (χ0n) is 12.5. The molecule has 1 amide bonds. The summed E-state index contributed by atoms with van der Waals surface area (Å²) in [5.74, 6) is -1.98. The van der Waals surface area contributed by atoms with E-state index in [4.69, 9.17) is 9.84 Å². The van der Waals surface area contributed by atoms with Gasteiger partial charge in [-0.2, -0.15) is 5.10 Å². The van der Waals surface area contributed by atoms with Crippen molar-refractivity contribution in [3.8, 4) is 11.3 Å². The standard InChI is InChI=1S/C15H16FN3O4/c1-23-7-6-19(9-14(20)21)15(22)13-8-12(17-18-13)10-2-4-11(16)5-3-10/h2-5,8H,6-7,9H2,1H3,(H,17,18)(H,20,21). The smallest absolute Gasteiger partial charge is 0.323 e. The van der Waals surface area contributed by atoms with Crippen molar-refractivity contribution in [2.24, 2.45) is 0 Å². The summed E-state index contributed by atoms with van der Waals surface area (Å²) in [6.07, 6.45) is 0. The number of carbonyl (C=O) groups excluding carboxylic acids is 1. The first-order valence-corrected chi connectivity index (χ1v) is 6.82. The van der Waals surface area contributed by atoms with Crippen LogP contribution in [0.1, 0.15) is 10.5 Å². The number of amides is 1. The molecule has 0 aliphatic carbocycles. The van der Waals surface area contributed by atoms with Crippen LogP contribution in [0.3, 0.4) is 0 Å². The second-order valence-corrected chi connectivity index (χ2v) is 4.79. The molecule has 1 heterocycles. The topological polar surface area (TPSA) is 95.5 Å². The van der Waals surface area contributed by atoms with Crippen LogP contribution in [0.25, 0.3) is 11.3 Å². The quantitative estimate of drug-likeness (QED) is 0.803. The summed E-state index contributed by atoms with van der Waals surface area (Å²) < 4.78 is 17.8. The third-order valence-corrected chi connectivity index (χ3v) is 3.13. The number of carbonyl (C=O) groups is 2. The maximum absolute atomic E-state index is 12.9. The van der Waals surface area contributed by atoms with Crippen molar-refractivity contribution in [1.82, 2.24) is 15.1 Å². The SMILES string of the molecule is COCCN(CC(=O)O)C(=O)c1cc(-c2ccc(F)cc2)n[nH]1. The minimum Gasteiger partial charge on any atom is -0.480 e. The Morgan fingerprint density at radius 3 is 2.65 bits per heavy atom. The molecule has 2 rings (SSSR count). The molecule has 0 saturated heterocycles. The first-order chi connectivity index (χ1) is 11.0. The van der Waals surface area contributed by atoms with E-state index in [1.807, 2.05) is 0 Å². The summed E-state index contributed by atoms with van der Waals surface area (Å²) in [7, 11) is 1.46. The number of aliphatic carboxylic acids is 1. The highest BCUT2D eigenvalue weighted by Crippen LogP contribution is 2.18. The minimum absolute atomic E-state index is 0.145. The number of H-pyrrole nitrogens is 1. The van der Waals surface area contributed by atoms with E-state index < -0.39 is 18.4 Å². The third-order valence-electron chi connectivity index (χ3n) is 3.13. The van der Waals surface area contributed by atoms with E-state index >= 15 is 0 Å². The molecular weight excluding hydrogens is 305 g/mol. The van der Waals surface area contributed by atoms with Crippen molar-refractivity contribution in [3.63, 3.8) is 0 Å². The van der Waals surface area contributed by atoms with E-state index in [1.165, 1.54) is 25.3 Å². The lowest BCUT2D eigenvalue weighted by Gasteiger charge is -2.19. The van der Waals surface area contributed by atoms with Gasteiger partial charge in [-0.15, -0.1) is 0 Å². The predicted octanol–water partition coefficient (Wildman–Crippen LogP) is 1.39. The van der Waals surface area contributed by atoms with Crippen LogP contribution >= 0.6 is 0 Å². The molecule has 0 radical (unpaired) electrons. The number of nitrogens with one attached hydrogen (secondary N) is 1. The van der Waals surface area contributed by atoms with Gasteiger partial charge in [-0.1, -0.05) is 0 Å². The van der Waals surface area contributed by atoms with Gasteiger partial charge in [0.1, 0.15) is 18.1 Å². The number of rotatable bonds is 7. The molecule has 1 aromatic heterocycles. The second-order valence-electron chi connectivity index (χ2n) is 4.79. The molecule has 2 N–H and O–H groups in total. The van der Waals surface area contributed by atoms with Crippen LogP contribution in [0, 0.1) is 5.82 Å². The summed E-state index contributed by atoms with van der Waals surface area (Å²) >= 11 is 0. The summed E-state index contributed by atoms with van der Waals surface area (Å²) in [5.41, 5.74) is 1.26. The van der Waals surface area contributed by atoms with Gasteiger partial charge in [0.05, 0.1) is 12.3 Å². The average Bonchev–Trinajstić information content (AvgIpc) is 3.01. The normalized spacial score (nSPS) is 10.5. The number of nitrogens with zero attached hydrogens (tertiary/aromatic N) is 2. The molecule has 122 valence electrons. The van der Waals surface area contributed by atoms with Crippen molar-refractivity contribution in [2.45, 2.75) is 0 Å². The highest BCUT2D eigenvalue weighted by molar-refractivity contribution is 5.95. The molecule has 0 unspecified atom stereocenters. The Hall–Kier alpha value is -2.74. The van der Waals surface area contributed by atoms with Crippen LogP contribution in [0.2, 0.25) is 0 Å². The Labute approximate surface area is 131 Å². The van der Waals surface area contributed by atoms with Gasteiger partial charge in [-0.25, -0.2) is 4.39 Å². The fourth-order valence-corrected chi connectivity index (χ4v) is 1.99. The van der Waals surface area contributed by atoms with E-state index in [9.17, 15) is 14.0 Å². The summed E-state index contributed by atoms with van der Waals surface area (Å²) in [5, 5.41) is 15.5. The molecule has 0 aliphatic heterocycles. The molecule has 1 aromatic carbocycles. The number of aromatic nitrogens is 2. The van der Waals surface area contributed by atoms with E-state index in [2.05, 4.69) is 10.2 Å². The summed E-state index contributed by atoms with van der Waals surface area (Å²) in [6, 6.07) is 7.16. The minimum atomic E-state index is -1.12. The number of ether oxygens (including phenoxy) is 1. The molecule has 0 saturated carbocycles. The molecule has 23 heavy (non-hydrogen) atoms. The number of hydrogen-bond acceptors (Lipinski definition) is 4. The molecule has 7 nitrogen and oxygen atoms in total. The lowest BCUT2D eigenvalue weighted by molar-refractivity contribution is -0.137. The number of benzene rings is 1. The van der Waals surface area contributed by atoms with Crippen LogP contribution in [-0.2, 0) is 9.53 Å². The summed E-state index contributed by atoms with van der Waals surface area (Å²) in [6.45, 7) is -0.0718. The fourth-order valence-electron chi connectivity index (χ4n) is 1.99. The van der Waals surface area contributed by atoms with Crippen molar-refractivity contribution >= 4 is 11.9 Å². The molecule has 0 atom stereocenters. The number of hydrogen-bond donors (Lipinski definition) is 2. The van der Waals surface area contributed by atoms with Gasteiger partial charge in [-0.3, -0.25) is 14.7 Å². The third kappa shape index (κ3) is 4.36. The van der Waals surface area contributed by atoms with Gasteiger partial charge < -0.3 is 14.7 Å². The first kappa shape index (κ1) is 16.6. The Morgan fingerprint density at radius 1 is 1.35 bits per heavy atom. The maximum atomic E-state index is 12.9. The number of carboxylic acid groups (broad SMARTS) is 1. The predicted molar refractivity (Wildman–Crippen MR) is 79.4 cm³/mol. The Bertz CT molecular complexity index is 684. The van der Waals surface area contributed by atoms with Crippen molar-refractivity contribution < 1.29 is 23.8 Å². The van der Waals surface area contributed by atoms with Crippen LogP contribution in [0.5, 0.6) is 0 Å². The Morgan fingerprint density at radius 2 is 2.04 bits per heavy atom. The number of halogens is 1. The molecule has 0 aliphatic rings. The lowest BCUT2D eigenvalue weighted by atomic mass is 10.1. The van der Waals surface area contributed by atoms with E-state index in [0.29, 0.717) is 11.3 Å². The highest BCUT2D eigenvalue weighted by atomic mass is 19.1. The first-order valence-electron chi connectivity index (χ1n) is 6.82. The van der Waals surface area contributed by atoms with Crippen molar-refractivity contribution in [1.29, 1.82) is 0 Å². The van der Waals surface area contributed by atoms with Crippen molar-refractivity contribution in [2.75, 3.05) is 26.8 Å². The van der Waals surface area contributed by atoms with E-state index in [1.54, 1.807) is 12.1 Å². The number of aromatic amines is 1. The zero-order valence-corrected chi connectivity index (χ0v) is 12.5. The average molecular weight is 321 g/mol. The highest BCUT2D eigenvalue weighted by Gasteiger charge is 2.20. The fraction of sp³-hybridized carbons (Fsp3) is 0.267. The molecule has 0 bridgehead atoms. The zero-order chi connectivity index (χ0) is 16.8.